The molecule has 22 heteroatoms. The van der Waals surface area contributed by atoms with Gasteiger partial charge in [0.25, 0.3) is 0 Å². The number of para-hydroxylation sites is 1. The lowest BCUT2D eigenvalue weighted by molar-refractivity contribution is -0.192. The molecule has 0 bridgehead atoms. The van der Waals surface area contributed by atoms with Crippen LogP contribution in [0.3, 0.4) is 0 Å². The molecule has 7 amide bonds. The number of nitrogens with zero attached hydrogens (tertiary/aromatic N) is 2. The van der Waals surface area contributed by atoms with Crippen LogP contribution in [0.15, 0.2) is 60.8 Å². The molecule has 12 N–H and O–H groups in total. The highest BCUT2D eigenvalue weighted by molar-refractivity contribution is 5.98. The Morgan fingerprint density at radius 1 is 0.778 bits per heavy atom. The first-order valence-electron chi connectivity index (χ1n) is 24.5. The Morgan fingerprint density at radius 3 is 1.96 bits per heavy atom. The molecule has 396 valence electrons. The number of aromatic amines is 1. The van der Waals surface area contributed by atoms with Crippen LogP contribution in [-0.2, 0) is 51.2 Å². The van der Waals surface area contributed by atoms with Crippen molar-refractivity contribution in [2.75, 3.05) is 19.6 Å². The summed E-state index contributed by atoms with van der Waals surface area (Å²) in [5.74, 6) is -6.47. The third kappa shape index (κ3) is 16.5. The number of carbonyl (C=O) groups excluding carboxylic acids is 7. The van der Waals surface area contributed by atoms with E-state index in [9.17, 15) is 46.7 Å². The van der Waals surface area contributed by atoms with E-state index in [1.807, 2.05) is 82.3 Å². The summed E-state index contributed by atoms with van der Waals surface area (Å²) >= 11 is 0. The Kier molecular flexibility index (Phi) is 22.0. The molecule has 2 aliphatic heterocycles. The summed E-state index contributed by atoms with van der Waals surface area (Å²) in [6.45, 7) is 8.76. The second kappa shape index (κ2) is 27.3. The van der Waals surface area contributed by atoms with Crippen molar-refractivity contribution in [1.29, 1.82) is 0 Å². The number of alkyl halides is 3. The molecule has 2 aromatic carbocycles. The van der Waals surface area contributed by atoms with Gasteiger partial charge in [-0.2, -0.15) is 13.2 Å². The molecule has 8 atom stereocenters. The van der Waals surface area contributed by atoms with Crippen molar-refractivity contribution in [2.24, 2.45) is 29.0 Å². The van der Waals surface area contributed by atoms with Gasteiger partial charge in [0.1, 0.15) is 36.3 Å². The van der Waals surface area contributed by atoms with Gasteiger partial charge in [-0.1, -0.05) is 82.6 Å². The zero-order valence-electron chi connectivity index (χ0n) is 41.3. The number of rotatable bonds is 23. The number of carboxylic acid groups (broad SMARTS) is 1. The first kappa shape index (κ1) is 58.0. The fourth-order valence-electron chi connectivity index (χ4n) is 8.90. The van der Waals surface area contributed by atoms with Gasteiger partial charge in [0.15, 0.2) is 0 Å². The normalized spacial score (nSPS) is 18.2. The van der Waals surface area contributed by atoms with Gasteiger partial charge < -0.3 is 58.4 Å². The molecule has 3 heterocycles. The zero-order valence-corrected chi connectivity index (χ0v) is 41.3. The Labute approximate surface area is 417 Å². The van der Waals surface area contributed by atoms with Crippen LogP contribution >= 0.6 is 0 Å². The zero-order chi connectivity index (χ0) is 53.3. The number of nitrogens with one attached hydrogen (secondary N) is 5. The Morgan fingerprint density at radius 2 is 1.36 bits per heavy atom. The smallest absolute Gasteiger partial charge is 0.475 e. The van der Waals surface area contributed by atoms with Crippen LogP contribution in [0.2, 0.25) is 0 Å². The highest BCUT2D eigenvalue weighted by Crippen LogP contribution is 2.27. The summed E-state index contributed by atoms with van der Waals surface area (Å²) in [7, 11) is 0. The summed E-state index contributed by atoms with van der Waals surface area (Å²) in [6.07, 6.45) is 1.14. The van der Waals surface area contributed by atoms with Crippen LogP contribution in [0.4, 0.5) is 13.2 Å². The van der Waals surface area contributed by atoms with Crippen LogP contribution < -0.4 is 38.5 Å². The van der Waals surface area contributed by atoms with Gasteiger partial charge in [-0.3, -0.25) is 33.6 Å². The minimum Gasteiger partial charge on any atom is -0.475 e. The van der Waals surface area contributed by atoms with Gasteiger partial charge in [0.05, 0.1) is 6.04 Å². The molecule has 2 fully saturated rings. The maximum atomic E-state index is 14.5. The second-order valence-corrected chi connectivity index (χ2v) is 18.9. The van der Waals surface area contributed by atoms with E-state index in [4.69, 9.17) is 27.1 Å². The lowest BCUT2D eigenvalue weighted by Crippen LogP contribution is -2.60. The number of carbonyl (C=O) groups is 8. The number of fused-ring (bicyclic) bond motifs is 1. The maximum Gasteiger partial charge on any atom is 0.490 e. The van der Waals surface area contributed by atoms with E-state index in [-0.39, 0.29) is 49.5 Å². The summed E-state index contributed by atoms with van der Waals surface area (Å²) in [6, 6.07) is 9.87. The van der Waals surface area contributed by atoms with Gasteiger partial charge in [-0.15, -0.1) is 0 Å². The molecule has 19 nitrogen and oxygen atoms in total. The van der Waals surface area contributed by atoms with Crippen molar-refractivity contribution in [3.8, 4) is 0 Å². The van der Waals surface area contributed by atoms with Crippen molar-refractivity contribution in [2.45, 2.75) is 147 Å². The van der Waals surface area contributed by atoms with Crippen LogP contribution in [0, 0.1) is 11.8 Å². The van der Waals surface area contributed by atoms with Crippen molar-refractivity contribution in [3.05, 3.63) is 71.9 Å². The number of nitrogens with two attached hydrogens (primary N) is 3. The van der Waals surface area contributed by atoms with Crippen LogP contribution in [0.5, 0.6) is 0 Å². The number of hydrogen-bond donors (Lipinski definition) is 9. The van der Waals surface area contributed by atoms with Gasteiger partial charge >= 0.3 is 12.1 Å². The van der Waals surface area contributed by atoms with Gasteiger partial charge in [0, 0.05) is 43.0 Å². The van der Waals surface area contributed by atoms with Crippen molar-refractivity contribution >= 4 is 58.2 Å². The largest absolute Gasteiger partial charge is 0.490 e. The molecule has 72 heavy (non-hydrogen) atoms. The third-order valence-corrected chi connectivity index (χ3v) is 13.0. The van der Waals surface area contributed by atoms with E-state index in [1.54, 1.807) is 6.20 Å². The monoisotopic (exact) mass is 1010 g/mol. The number of aliphatic carboxylic acids is 1. The fourth-order valence-corrected chi connectivity index (χ4v) is 8.90. The number of H-pyrrole nitrogens is 1. The Balaban J connectivity index is 0.00000149. The van der Waals surface area contributed by atoms with E-state index in [2.05, 4.69) is 26.3 Å². The maximum absolute atomic E-state index is 14.5. The summed E-state index contributed by atoms with van der Waals surface area (Å²) in [4.78, 5) is 112. The number of amides is 7. The van der Waals surface area contributed by atoms with E-state index < -0.39 is 84.0 Å². The predicted octanol–water partition coefficient (Wildman–Crippen LogP) is 2.54. The van der Waals surface area contributed by atoms with Crippen molar-refractivity contribution < 1.29 is 56.6 Å². The molecular formula is C50H71F3N10O9. The minimum atomic E-state index is -5.08. The molecule has 0 saturated carbocycles. The number of carboxylic acids is 1. The molecule has 2 saturated heterocycles. The van der Waals surface area contributed by atoms with E-state index in [0.717, 1.165) is 22.0 Å². The quantitative estimate of drug-likeness (QED) is 0.0622. The van der Waals surface area contributed by atoms with E-state index in [1.165, 1.54) is 9.80 Å². The Hall–Kier alpha value is -6.55. The molecule has 5 rings (SSSR count). The molecule has 2 aliphatic rings. The SMILES string of the molecule is CC[C@H](C)[C@H](NC(=O)[C@@H](N)CC(C)C)C(=O)N1CCC[C@H]1C(=O)N1CCC[C@H]1C(=O)N[C@@H](Cc1ccccc1)C(=O)N[C@@H](Cc1c[nH]c2ccccc12)C(=O)N[C@@H](CCCCN)C(N)=O.O=C(O)C(F)(F)F. The highest BCUT2D eigenvalue weighted by atomic mass is 19.4. The number of halogens is 3. The Bertz CT molecular complexity index is 2330. The molecule has 0 spiro atoms. The van der Waals surface area contributed by atoms with Crippen LogP contribution in [-0.4, -0.2) is 135 Å². The average Bonchev–Trinajstić information content (AvgIpc) is 4.13. The molecule has 0 radical (unpaired) electrons. The van der Waals surface area contributed by atoms with Crippen molar-refractivity contribution in [3.63, 3.8) is 0 Å². The third-order valence-electron chi connectivity index (χ3n) is 13.0. The molecule has 0 unspecified atom stereocenters. The number of likely N-dealkylation sites (tertiary alicyclic amines) is 2. The van der Waals surface area contributed by atoms with Gasteiger partial charge in [0.2, 0.25) is 41.4 Å². The summed E-state index contributed by atoms with van der Waals surface area (Å²) in [5, 5.41) is 19.4. The van der Waals surface area contributed by atoms with Gasteiger partial charge in [-0.25, -0.2) is 4.79 Å². The topological polar surface area (TPSA) is 305 Å². The minimum absolute atomic E-state index is 0.0513. The summed E-state index contributed by atoms with van der Waals surface area (Å²) < 4.78 is 31.7. The number of aromatic nitrogens is 1. The molecule has 1 aromatic heterocycles. The average molecular weight is 1010 g/mol. The first-order valence-corrected chi connectivity index (χ1v) is 24.5. The highest BCUT2D eigenvalue weighted by Gasteiger charge is 2.45. The second-order valence-electron chi connectivity index (χ2n) is 18.9. The number of primary amides is 1. The summed E-state index contributed by atoms with van der Waals surface area (Å²) in [5.41, 5.74) is 19.9. The molecule has 0 aliphatic carbocycles. The van der Waals surface area contributed by atoms with E-state index in [0.29, 0.717) is 64.5 Å². The van der Waals surface area contributed by atoms with Crippen molar-refractivity contribution in [1.82, 2.24) is 36.1 Å². The van der Waals surface area contributed by atoms with Gasteiger partial charge in [-0.05, 0) is 86.9 Å². The standard InChI is InChI=1S/C48H70N10O7.C2HF3O2/c1-5-30(4)41(56-43(60)34(50)25-29(2)3)48(65)58-24-14-21-40(58)47(64)57-23-13-20-39(57)46(63)55-37(26-31-15-7-6-8-16-31)44(61)54-38(27-32-28-52-35-18-10-9-17-33(32)35)45(62)53-36(42(51)59)19-11-12-22-49;3-2(4,5)1(6)7/h6-10,15-18,28-30,34,36-41,52H,5,11-14,19-27,49-50H2,1-4H3,(H2,51,59)(H,53,62)(H,54,61)(H,55,63)(H,56,60);(H,6,7)/t30-,34-,36-,37-,38-,39-,40-,41-;/m0./s1. The number of hydrogen-bond acceptors (Lipinski definition) is 10. The first-order chi connectivity index (χ1) is 34.1. The van der Waals surface area contributed by atoms with Crippen LogP contribution in [0.25, 0.3) is 10.9 Å². The predicted molar refractivity (Wildman–Crippen MR) is 262 cm³/mol. The molecule has 3 aromatic rings. The fraction of sp³-hybridized carbons (Fsp3) is 0.560. The van der Waals surface area contributed by atoms with Crippen LogP contribution in [0.1, 0.15) is 96.6 Å². The lowest BCUT2D eigenvalue weighted by Gasteiger charge is -2.35. The van der Waals surface area contributed by atoms with E-state index >= 15 is 0 Å². The molecular weight excluding hydrogens is 942 g/mol. The number of benzene rings is 2. The lowest BCUT2D eigenvalue weighted by atomic mass is 9.96. The number of unbranched alkanes of at least 4 members (excludes halogenated alkanes) is 1.